The van der Waals surface area contributed by atoms with Crippen LogP contribution in [-0.4, -0.2) is 17.1 Å². The van der Waals surface area contributed by atoms with E-state index in [2.05, 4.69) is 9.97 Å². The summed E-state index contributed by atoms with van der Waals surface area (Å²) in [6.07, 6.45) is 1.41. The molecule has 0 saturated carbocycles. The number of nitrogens with one attached hydrogen (secondary N) is 1. The molecule has 2 aromatic carbocycles. The Hall–Kier alpha value is -2.95. The number of hydrogen-bond donors (Lipinski definition) is 1. The molecule has 0 spiro atoms. The lowest BCUT2D eigenvalue weighted by Crippen LogP contribution is -2.11. The number of nitrogens with zero attached hydrogens (tertiary/aromatic N) is 1. The maximum absolute atomic E-state index is 13.9. The first kappa shape index (κ1) is 14.0. The summed E-state index contributed by atoms with van der Waals surface area (Å²) in [5.74, 6) is 0.299. The molecular weight excluding hydrogens is 283 g/mol. The third kappa shape index (κ3) is 2.61. The van der Waals surface area contributed by atoms with E-state index in [1.807, 2.05) is 0 Å². The summed E-state index contributed by atoms with van der Waals surface area (Å²) in [5, 5.41) is 0. The largest absolute Gasteiger partial charge is 0.497 e. The lowest BCUT2D eigenvalue weighted by atomic mass is 10.1. The first-order chi connectivity index (χ1) is 10.7. The lowest BCUT2D eigenvalue weighted by Gasteiger charge is -2.06. The van der Waals surface area contributed by atoms with Crippen LogP contribution in [0.5, 0.6) is 5.75 Å². The Morgan fingerprint density at radius 1 is 1.09 bits per heavy atom. The number of aromatic amines is 1. The standard InChI is InChI=1S/C17H13FN2O2/c1-22-12-8-6-11(7-9-12)16-17(21)19-10-15(20-16)13-4-2-3-5-14(13)18/h2-10H,1H3,(H,19,21). The average Bonchev–Trinajstić information content (AvgIpc) is 2.56. The zero-order chi connectivity index (χ0) is 15.5. The fourth-order valence-electron chi connectivity index (χ4n) is 2.16. The van der Waals surface area contributed by atoms with Gasteiger partial charge in [-0.2, -0.15) is 0 Å². The van der Waals surface area contributed by atoms with Crippen LogP contribution in [0.3, 0.4) is 0 Å². The highest BCUT2D eigenvalue weighted by atomic mass is 19.1. The van der Waals surface area contributed by atoms with Crippen molar-refractivity contribution in [1.29, 1.82) is 0 Å². The van der Waals surface area contributed by atoms with Crippen molar-refractivity contribution < 1.29 is 9.13 Å². The highest BCUT2D eigenvalue weighted by molar-refractivity contribution is 5.65. The van der Waals surface area contributed by atoms with Gasteiger partial charge >= 0.3 is 0 Å². The van der Waals surface area contributed by atoms with Gasteiger partial charge in [0, 0.05) is 17.3 Å². The van der Waals surface area contributed by atoms with Gasteiger partial charge in [0.05, 0.1) is 12.8 Å². The monoisotopic (exact) mass is 296 g/mol. The summed E-state index contributed by atoms with van der Waals surface area (Å²) < 4.78 is 18.9. The second-order valence-electron chi connectivity index (χ2n) is 4.67. The molecule has 0 radical (unpaired) electrons. The zero-order valence-corrected chi connectivity index (χ0v) is 11.8. The summed E-state index contributed by atoms with van der Waals surface area (Å²) in [6, 6.07) is 13.3. The van der Waals surface area contributed by atoms with E-state index >= 15 is 0 Å². The van der Waals surface area contributed by atoms with Crippen LogP contribution in [0, 0.1) is 5.82 Å². The van der Waals surface area contributed by atoms with Crippen molar-refractivity contribution in [2.75, 3.05) is 7.11 Å². The molecule has 0 saturated heterocycles. The first-order valence-electron chi connectivity index (χ1n) is 6.68. The predicted molar refractivity (Wildman–Crippen MR) is 82.2 cm³/mol. The van der Waals surface area contributed by atoms with Crippen LogP contribution < -0.4 is 10.3 Å². The van der Waals surface area contributed by atoms with E-state index in [0.717, 1.165) is 0 Å². The highest BCUT2D eigenvalue weighted by Crippen LogP contribution is 2.23. The van der Waals surface area contributed by atoms with Crippen LogP contribution >= 0.6 is 0 Å². The van der Waals surface area contributed by atoms with Crippen LogP contribution in [0.15, 0.2) is 59.5 Å². The van der Waals surface area contributed by atoms with E-state index in [-0.39, 0.29) is 17.1 Å². The van der Waals surface area contributed by atoms with E-state index in [4.69, 9.17) is 4.74 Å². The Bertz CT molecular complexity index is 857. The van der Waals surface area contributed by atoms with Crippen LogP contribution in [0.1, 0.15) is 0 Å². The van der Waals surface area contributed by atoms with Gasteiger partial charge in [0.15, 0.2) is 0 Å². The molecule has 1 heterocycles. The van der Waals surface area contributed by atoms with E-state index in [1.165, 1.54) is 12.3 Å². The van der Waals surface area contributed by atoms with Gasteiger partial charge in [-0.1, -0.05) is 12.1 Å². The number of H-pyrrole nitrogens is 1. The topological polar surface area (TPSA) is 55.0 Å². The minimum atomic E-state index is -0.386. The predicted octanol–water partition coefficient (Wildman–Crippen LogP) is 3.25. The molecule has 22 heavy (non-hydrogen) atoms. The Morgan fingerprint density at radius 3 is 2.50 bits per heavy atom. The number of rotatable bonds is 3. The van der Waals surface area contributed by atoms with Crippen LogP contribution in [-0.2, 0) is 0 Å². The number of halogens is 1. The number of benzene rings is 2. The van der Waals surface area contributed by atoms with Crippen molar-refractivity contribution in [2.24, 2.45) is 0 Å². The summed E-state index contributed by atoms with van der Waals surface area (Å²) in [7, 11) is 1.57. The van der Waals surface area contributed by atoms with Crippen LogP contribution in [0.2, 0.25) is 0 Å². The van der Waals surface area contributed by atoms with Gasteiger partial charge in [-0.25, -0.2) is 9.37 Å². The fourth-order valence-corrected chi connectivity index (χ4v) is 2.16. The minimum Gasteiger partial charge on any atom is -0.497 e. The van der Waals surface area contributed by atoms with Crippen molar-refractivity contribution in [1.82, 2.24) is 9.97 Å². The van der Waals surface area contributed by atoms with E-state index in [0.29, 0.717) is 22.6 Å². The van der Waals surface area contributed by atoms with Gasteiger partial charge in [0.25, 0.3) is 5.56 Å². The molecule has 0 aliphatic rings. The van der Waals surface area contributed by atoms with E-state index in [9.17, 15) is 9.18 Å². The number of ether oxygens (including phenoxy) is 1. The Labute approximate surface area is 126 Å². The lowest BCUT2D eigenvalue weighted by molar-refractivity contribution is 0.415. The average molecular weight is 296 g/mol. The van der Waals surface area contributed by atoms with Gasteiger partial charge < -0.3 is 9.72 Å². The molecule has 1 aromatic heterocycles. The van der Waals surface area contributed by atoms with Crippen molar-refractivity contribution in [2.45, 2.75) is 0 Å². The highest BCUT2D eigenvalue weighted by Gasteiger charge is 2.11. The molecule has 0 aliphatic heterocycles. The molecule has 3 rings (SSSR count). The quantitative estimate of drug-likeness (QED) is 0.807. The van der Waals surface area contributed by atoms with E-state index < -0.39 is 0 Å². The maximum Gasteiger partial charge on any atom is 0.274 e. The SMILES string of the molecule is COc1ccc(-c2nc(-c3ccccc3F)c[nH]c2=O)cc1. The second-order valence-corrected chi connectivity index (χ2v) is 4.67. The summed E-state index contributed by atoms with van der Waals surface area (Å²) >= 11 is 0. The zero-order valence-electron chi connectivity index (χ0n) is 11.8. The molecule has 110 valence electrons. The fraction of sp³-hybridized carbons (Fsp3) is 0.0588. The van der Waals surface area contributed by atoms with Gasteiger partial charge in [-0.05, 0) is 36.4 Å². The third-order valence-corrected chi connectivity index (χ3v) is 3.30. The molecule has 0 bridgehead atoms. The Kier molecular flexibility index (Phi) is 3.70. The molecule has 4 nitrogen and oxygen atoms in total. The van der Waals surface area contributed by atoms with Crippen molar-refractivity contribution in [3.05, 3.63) is 70.9 Å². The summed E-state index contributed by atoms with van der Waals surface area (Å²) in [6.45, 7) is 0. The van der Waals surface area contributed by atoms with Gasteiger partial charge in [-0.3, -0.25) is 4.79 Å². The van der Waals surface area contributed by atoms with Crippen LogP contribution in [0.4, 0.5) is 4.39 Å². The summed E-state index contributed by atoms with van der Waals surface area (Å²) in [4.78, 5) is 18.9. The number of methoxy groups -OCH3 is 1. The molecule has 0 fully saturated rings. The van der Waals surface area contributed by atoms with Crippen molar-refractivity contribution in [3.8, 4) is 28.3 Å². The Balaban J connectivity index is 2.10. The molecule has 1 N–H and O–H groups in total. The molecule has 3 aromatic rings. The third-order valence-electron chi connectivity index (χ3n) is 3.30. The van der Waals surface area contributed by atoms with Gasteiger partial charge in [-0.15, -0.1) is 0 Å². The number of hydrogen-bond acceptors (Lipinski definition) is 3. The molecule has 0 amide bonds. The maximum atomic E-state index is 13.9. The van der Waals surface area contributed by atoms with Crippen molar-refractivity contribution in [3.63, 3.8) is 0 Å². The minimum absolute atomic E-state index is 0.239. The second kappa shape index (κ2) is 5.81. The normalized spacial score (nSPS) is 10.5. The molecular formula is C17H13FN2O2. The van der Waals surface area contributed by atoms with Gasteiger partial charge in [0.1, 0.15) is 17.3 Å². The van der Waals surface area contributed by atoms with E-state index in [1.54, 1.807) is 49.6 Å². The molecule has 0 atom stereocenters. The first-order valence-corrected chi connectivity index (χ1v) is 6.68. The molecule has 0 aliphatic carbocycles. The molecule has 5 heteroatoms. The Morgan fingerprint density at radius 2 is 1.82 bits per heavy atom. The van der Waals surface area contributed by atoms with Gasteiger partial charge in [0.2, 0.25) is 0 Å². The number of aromatic nitrogens is 2. The summed E-state index contributed by atoms with van der Waals surface area (Å²) in [5.41, 5.74) is 1.27. The molecule has 0 unspecified atom stereocenters. The van der Waals surface area contributed by atoms with Crippen molar-refractivity contribution >= 4 is 0 Å². The van der Waals surface area contributed by atoms with Crippen LogP contribution in [0.25, 0.3) is 22.5 Å². The smallest absolute Gasteiger partial charge is 0.274 e.